The maximum atomic E-state index is 12.3. The molecule has 1 heterocycles. The van der Waals surface area contributed by atoms with E-state index in [0.29, 0.717) is 12.5 Å². The van der Waals surface area contributed by atoms with Crippen molar-refractivity contribution in [3.8, 4) is 0 Å². The maximum absolute atomic E-state index is 12.3. The summed E-state index contributed by atoms with van der Waals surface area (Å²) < 4.78 is 0. The molecule has 1 aliphatic rings. The topological polar surface area (TPSA) is 32.3 Å². The largest absolute Gasteiger partial charge is 0.376 e. The standard InChI is InChI=1S/C19H22N2O.ClH/c22-19(15-20-18-9-5-2-6-10-18)21-13-11-17(12-14-21)16-7-3-1-4-8-16;/h1-10,17,20H,11-15H2;1H. The molecule has 1 saturated heterocycles. The van der Waals surface area contributed by atoms with Gasteiger partial charge in [-0.1, -0.05) is 48.5 Å². The van der Waals surface area contributed by atoms with Crippen LogP contribution in [0.5, 0.6) is 0 Å². The number of hydrogen-bond acceptors (Lipinski definition) is 2. The van der Waals surface area contributed by atoms with Crippen LogP contribution in [-0.2, 0) is 4.79 Å². The van der Waals surface area contributed by atoms with Crippen LogP contribution in [0.15, 0.2) is 60.7 Å². The number of piperidine rings is 1. The zero-order valence-corrected chi connectivity index (χ0v) is 14.0. The van der Waals surface area contributed by atoms with Crippen LogP contribution in [0.1, 0.15) is 24.3 Å². The van der Waals surface area contributed by atoms with Crippen molar-refractivity contribution in [3.05, 3.63) is 66.2 Å². The van der Waals surface area contributed by atoms with E-state index in [1.807, 2.05) is 35.2 Å². The first-order valence-corrected chi connectivity index (χ1v) is 7.94. The quantitative estimate of drug-likeness (QED) is 0.921. The molecule has 3 nitrogen and oxygen atoms in total. The lowest BCUT2D eigenvalue weighted by Crippen LogP contribution is -2.40. The van der Waals surface area contributed by atoms with E-state index in [4.69, 9.17) is 0 Å². The summed E-state index contributed by atoms with van der Waals surface area (Å²) >= 11 is 0. The van der Waals surface area contributed by atoms with E-state index in [-0.39, 0.29) is 18.3 Å². The third-order valence-corrected chi connectivity index (χ3v) is 4.34. The first-order valence-electron chi connectivity index (χ1n) is 7.94. The van der Waals surface area contributed by atoms with Crippen LogP contribution in [0.4, 0.5) is 5.69 Å². The van der Waals surface area contributed by atoms with Crippen LogP contribution >= 0.6 is 12.4 Å². The molecular weight excluding hydrogens is 308 g/mol. The van der Waals surface area contributed by atoms with Crippen molar-refractivity contribution in [3.63, 3.8) is 0 Å². The number of benzene rings is 2. The molecule has 23 heavy (non-hydrogen) atoms. The van der Waals surface area contributed by atoms with Gasteiger partial charge in [-0.2, -0.15) is 0 Å². The third-order valence-electron chi connectivity index (χ3n) is 4.34. The number of nitrogens with one attached hydrogen (secondary N) is 1. The Hall–Kier alpha value is -2.00. The summed E-state index contributed by atoms with van der Waals surface area (Å²) in [7, 11) is 0. The van der Waals surface area contributed by atoms with E-state index in [0.717, 1.165) is 31.6 Å². The number of para-hydroxylation sites is 1. The molecule has 0 spiro atoms. The minimum absolute atomic E-state index is 0. The van der Waals surface area contributed by atoms with Crippen molar-refractivity contribution in [2.45, 2.75) is 18.8 Å². The van der Waals surface area contributed by atoms with E-state index in [2.05, 4.69) is 35.6 Å². The number of rotatable bonds is 4. The Morgan fingerprint density at radius 2 is 1.52 bits per heavy atom. The van der Waals surface area contributed by atoms with Gasteiger partial charge >= 0.3 is 0 Å². The number of nitrogens with zero attached hydrogens (tertiary/aromatic N) is 1. The fourth-order valence-corrected chi connectivity index (χ4v) is 3.03. The maximum Gasteiger partial charge on any atom is 0.241 e. The molecule has 4 heteroatoms. The second kappa shape index (κ2) is 8.59. The first kappa shape index (κ1) is 17.4. The SMILES string of the molecule is Cl.O=C(CNc1ccccc1)N1CCC(c2ccccc2)CC1. The van der Waals surface area contributed by atoms with Gasteiger partial charge in [-0.05, 0) is 36.5 Å². The summed E-state index contributed by atoms with van der Waals surface area (Å²) in [4.78, 5) is 14.3. The van der Waals surface area contributed by atoms with E-state index in [9.17, 15) is 4.79 Å². The van der Waals surface area contributed by atoms with Gasteiger partial charge in [0.05, 0.1) is 6.54 Å². The van der Waals surface area contributed by atoms with Gasteiger partial charge in [0, 0.05) is 18.8 Å². The monoisotopic (exact) mass is 330 g/mol. The molecule has 2 aromatic carbocycles. The Morgan fingerprint density at radius 3 is 2.13 bits per heavy atom. The number of halogens is 1. The molecule has 1 fully saturated rings. The molecule has 1 amide bonds. The Labute approximate surface area is 144 Å². The normalized spacial score (nSPS) is 14.9. The molecule has 0 aliphatic carbocycles. The highest BCUT2D eigenvalue weighted by Gasteiger charge is 2.23. The van der Waals surface area contributed by atoms with Gasteiger partial charge < -0.3 is 10.2 Å². The highest BCUT2D eigenvalue weighted by molar-refractivity contribution is 5.85. The number of carbonyl (C=O) groups excluding carboxylic acids is 1. The minimum atomic E-state index is 0. The fourth-order valence-electron chi connectivity index (χ4n) is 3.03. The molecule has 1 aliphatic heterocycles. The fraction of sp³-hybridized carbons (Fsp3) is 0.316. The van der Waals surface area contributed by atoms with Gasteiger partial charge in [-0.15, -0.1) is 12.4 Å². The van der Waals surface area contributed by atoms with E-state index in [1.165, 1.54) is 5.56 Å². The number of anilines is 1. The Kier molecular flexibility index (Phi) is 6.48. The predicted octanol–water partition coefficient (Wildman–Crippen LogP) is 3.93. The number of likely N-dealkylation sites (tertiary alicyclic amines) is 1. The van der Waals surface area contributed by atoms with E-state index in [1.54, 1.807) is 0 Å². The second-order valence-corrected chi connectivity index (χ2v) is 5.79. The zero-order valence-electron chi connectivity index (χ0n) is 13.2. The lowest BCUT2D eigenvalue weighted by Gasteiger charge is -2.32. The predicted molar refractivity (Wildman–Crippen MR) is 97.2 cm³/mol. The highest BCUT2D eigenvalue weighted by Crippen LogP contribution is 2.27. The summed E-state index contributed by atoms with van der Waals surface area (Å²) in [6, 6.07) is 20.5. The Balaban J connectivity index is 0.00000192. The van der Waals surface area contributed by atoms with Gasteiger partial charge in [-0.25, -0.2) is 0 Å². The molecule has 3 rings (SSSR count). The average Bonchev–Trinajstić information content (AvgIpc) is 2.61. The summed E-state index contributed by atoms with van der Waals surface area (Å²) in [5.41, 5.74) is 2.40. The lowest BCUT2D eigenvalue weighted by atomic mass is 9.89. The second-order valence-electron chi connectivity index (χ2n) is 5.79. The summed E-state index contributed by atoms with van der Waals surface area (Å²) in [5, 5.41) is 3.19. The highest BCUT2D eigenvalue weighted by atomic mass is 35.5. The number of hydrogen-bond donors (Lipinski definition) is 1. The van der Waals surface area contributed by atoms with Crippen LogP contribution < -0.4 is 5.32 Å². The lowest BCUT2D eigenvalue weighted by molar-refractivity contribution is -0.130. The first-order chi connectivity index (χ1) is 10.8. The van der Waals surface area contributed by atoms with Crippen molar-refractivity contribution < 1.29 is 4.79 Å². The van der Waals surface area contributed by atoms with Crippen LogP contribution in [-0.4, -0.2) is 30.4 Å². The van der Waals surface area contributed by atoms with Crippen molar-refractivity contribution in [2.75, 3.05) is 25.0 Å². The molecule has 0 aromatic heterocycles. The van der Waals surface area contributed by atoms with Crippen molar-refractivity contribution >= 4 is 24.0 Å². The van der Waals surface area contributed by atoms with E-state index < -0.39 is 0 Å². The molecule has 2 aromatic rings. The molecule has 0 unspecified atom stereocenters. The molecule has 0 saturated carbocycles. The van der Waals surface area contributed by atoms with E-state index >= 15 is 0 Å². The van der Waals surface area contributed by atoms with Crippen molar-refractivity contribution in [1.82, 2.24) is 4.90 Å². The summed E-state index contributed by atoms with van der Waals surface area (Å²) in [6.45, 7) is 2.09. The number of carbonyl (C=O) groups is 1. The van der Waals surface area contributed by atoms with Gasteiger partial charge in [0.2, 0.25) is 5.91 Å². The van der Waals surface area contributed by atoms with Crippen LogP contribution in [0.25, 0.3) is 0 Å². The zero-order chi connectivity index (χ0) is 15.2. The summed E-state index contributed by atoms with van der Waals surface area (Å²) in [5.74, 6) is 0.780. The molecule has 1 N–H and O–H groups in total. The third kappa shape index (κ3) is 4.73. The average molecular weight is 331 g/mol. The van der Waals surface area contributed by atoms with Crippen molar-refractivity contribution in [1.29, 1.82) is 0 Å². The Morgan fingerprint density at radius 1 is 0.957 bits per heavy atom. The molecular formula is C19H23ClN2O. The molecule has 0 radical (unpaired) electrons. The van der Waals surface area contributed by atoms with Crippen molar-refractivity contribution in [2.24, 2.45) is 0 Å². The Bertz CT molecular complexity index is 595. The van der Waals surface area contributed by atoms with Gasteiger partial charge in [-0.3, -0.25) is 4.79 Å². The van der Waals surface area contributed by atoms with Crippen LogP contribution in [0.3, 0.4) is 0 Å². The van der Waals surface area contributed by atoms with Crippen LogP contribution in [0, 0.1) is 0 Å². The van der Waals surface area contributed by atoms with Gasteiger partial charge in [0.15, 0.2) is 0 Å². The molecule has 0 atom stereocenters. The smallest absolute Gasteiger partial charge is 0.241 e. The van der Waals surface area contributed by atoms with Crippen LogP contribution in [0.2, 0.25) is 0 Å². The summed E-state index contributed by atoms with van der Waals surface area (Å²) in [6.07, 6.45) is 2.11. The van der Waals surface area contributed by atoms with Gasteiger partial charge in [0.25, 0.3) is 0 Å². The number of amides is 1. The molecule has 0 bridgehead atoms. The minimum Gasteiger partial charge on any atom is -0.376 e. The van der Waals surface area contributed by atoms with Gasteiger partial charge in [0.1, 0.15) is 0 Å². The molecule has 122 valence electrons.